The van der Waals surface area contributed by atoms with E-state index in [9.17, 15) is 0 Å². The lowest BCUT2D eigenvalue weighted by molar-refractivity contribution is 0.118. The first-order valence-electron chi connectivity index (χ1n) is 6.45. The third-order valence-electron chi connectivity index (χ3n) is 3.27. The zero-order chi connectivity index (χ0) is 12.1. The van der Waals surface area contributed by atoms with Gasteiger partial charge < -0.3 is 14.2 Å². The molecular weight excluding hydrogens is 216 g/mol. The van der Waals surface area contributed by atoms with Gasteiger partial charge in [-0.15, -0.1) is 13.2 Å². The van der Waals surface area contributed by atoms with Crippen molar-refractivity contribution in [3.05, 3.63) is 25.3 Å². The zero-order valence-corrected chi connectivity index (χ0v) is 10.3. The lowest BCUT2D eigenvalue weighted by Gasteiger charge is -2.00. The molecule has 0 bridgehead atoms. The van der Waals surface area contributed by atoms with E-state index < -0.39 is 0 Å². The van der Waals surface area contributed by atoms with E-state index in [1.807, 2.05) is 12.2 Å². The van der Waals surface area contributed by atoms with Gasteiger partial charge in [0.15, 0.2) is 0 Å². The molecule has 4 unspecified atom stereocenters. The molecule has 0 radical (unpaired) electrons. The molecule has 2 aliphatic rings. The summed E-state index contributed by atoms with van der Waals surface area (Å²) in [5.41, 5.74) is 0. The SMILES string of the molecule is C=CCC1OC1CCOCCC1OC1CC=C. The van der Waals surface area contributed by atoms with Crippen molar-refractivity contribution >= 4 is 0 Å². The largest absolute Gasteiger partial charge is 0.381 e. The monoisotopic (exact) mass is 238 g/mol. The molecule has 2 rings (SSSR count). The number of rotatable bonds is 10. The second-order valence-electron chi connectivity index (χ2n) is 4.66. The molecule has 96 valence electrons. The lowest BCUT2D eigenvalue weighted by atomic mass is 10.2. The van der Waals surface area contributed by atoms with Gasteiger partial charge in [0, 0.05) is 13.2 Å². The number of ether oxygens (including phenoxy) is 3. The summed E-state index contributed by atoms with van der Waals surface area (Å²) in [7, 11) is 0. The van der Waals surface area contributed by atoms with E-state index in [4.69, 9.17) is 14.2 Å². The molecule has 0 aromatic heterocycles. The maximum Gasteiger partial charge on any atom is 0.0877 e. The average molecular weight is 238 g/mol. The summed E-state index contributed by atoms with van der Waals surface area (Å²) in [6, 6.07) is 0. The molecule has 4 atom stereocenters. The van der Waals surface area contributed by atoms with Crippen molar-refractivity contribution < 1.29 is 14.2 Å². The summed E-state index contributed by atoms with van der Waals surface area (Å²) in [6.07, 6.45) is 9.36. The van der Waals surface area contributed by atoms with Gasteiger partial charge in [-0.1, -0.05) is 12.2 Å². The maximum atomic E-state index is 5.58. The summed E-state index contributed by atoms with van der Waals surface area (Å²) in [6.45, 7) is 8.98. The van der Waals surface area contributed by atoms with Gasteiger partial charge in [-0.2, -0.15) is 0 Å². The Morgan fingerprint density at radius 1 is 0.824 bits per heavy atom. The molecule has 17 heavy (non-hydrogen) atoms. The standard InChI is InChI=1S/C14H22O3/c1-3-5-11-13(16-11)7-9-15-10-8-14-12(17-14)6-4-2/h3-4,11-14H,1-2,5-10H2. The van der Waals surface area contributed by atoms with Crippen molar-refractivity contribution in [1.29, 1.82) is 0 Å². The lowest BCUT2D eigenvalue weighted by Crippen LogP contribution is -2.05. The fraction of sp³-hybridized carbons (Fsp3) is 0.714. The Hall–Kier alpha value is -0.640. The summed E-state index contributed by atoms with van der Waals surface area (Å²) in [5, 5.41) is 0. The van der Waals surface area contributed by atoms with Crippen LogP contribution >= 0.6 is 0 Å². The fourth-order valence-corrected chi connectivity index (χ4v) is 2.11. The first kappa shape index (κ1) is 12.8. The molecule has 0 amide bonds. The Kier molecular flexibility index (Phi) is 4.77. The van der Waals surface area contributed by atoms with E-state index in [0.29, 0.717) is 24.4 Å². The van der Waals surface area contributed by atoms with Crippen LogP contribution in [-0.4, -0.2) is 37.6 Å². The van der Waals surface area contributed by atoms with Crippen LogP contribution in [-0.2, 0) is 14.2 Å². The van der Waals surface area contributed by atoms with Gasteiger partial charge >= 0.3 is 0 Å². The van der Waals surface area contributed by atoms with Crippen LogP contribution in [0.15, 0.2) is 25.3 Å². The highest BCUT2D eigenvalue weighted by atomic mass is 16.6. The first-order valence-corrected chi connectivity index (χ1v) is 6.45. The van der Waals surface area contributed by atoms with Crippen molar-refractivity contribution in [2.24, 2.45) is 0 Å². The van der Waals surface area contributed by atoms with Crippen molar-refractivity contribution in [3.63, 3.8) is 0 Å². The van der Waals surface area contributed by atoms with Crippen molar-refractivity contribution in [2.75, 3.05) is 13.2 Å². The van der Waals surface area contributed by atoms with Crippen LogP contribution in [0, 0.1) is 0 Å². The molecule has 0 saturated carbocycles. The van der Waals surface area contributed by atoms with Gasteiger partial charge in [-0.05, 0) is 25.7 Å². The molecular formula is C14H22O3. The molecule has 0 N–H and O–H groups in total. The molecule has 2 fully saturated rings. The minimum Gasteiger partial charge on any atom is -0.381 e. The van der Waals surface area contributed by atoms with E-state index in [0.717, 1.165) is 38.9 Å². The van der Waals surface area contributed by atoms with Gasteiger partial charge in [-0.3, -0.25) is 0 Å². The van der Waals surface area contributed by atoms with Crippen molar-refractivity contribution in [1.82, 2.24) is 0 Å². The highest BCUT2D eigenvalue weighted by molar-refractivity contribution is 4.91. The minimum atomic E-state index is 0.402. The summed E-state index contributed by atoms with van der Waals surface area (Å²) < 4.78 is 16.5. The van der Waals surface area contributed by atoms with Gasteiger partial charge in [0.25, 0.3) is 0 Å². The van der Waals surface area contributed by atoms with E-state index in [1.165, 1.54) is 0 Å². The average Bonchev–Trinajstić information content (AvgIpc) is 3.19. The first-order chi connectivity index (χ1) is 8.35. The van der Waals surface area contributed by atoms with E-state index >= 15 is 0 Å². The topological polar surface area (TPSA) is 34.3 Å². The molecule has 3 nitrogen and oxygen atoms in total. The summed E-state index contributed by atoms with van der Waals surface area (Å²) in [5.74, 6) is 0. The van der Waals surface area contributed by atoms with Crippen LogP contribution in [0.1, 0.15) is 25.7 Å². The molecule has 2 heterocycles. The Labute approximate surface area is 103 Å². The fourth-order valence-electron chi connectivity index (χ4n) is 2.11. The summed E-state index contributed by atoms with van der Waals surface area (Å²) >= 11 is 0. The van der Waals surface area contributed by atoms with Crippen LogP contribution in [0.4, 0.5) is 0 Å². The van der Waals surface area contributed by atoms with Gasteiger partial charge in [0.1, 0.15) is 0 Å². The number of epoxide rings is 2. The smallest absolute Gasteiger partial charge is 0.0877 e. The van der Waals surface area contributed by atoms with Crippen LogP contribution in [0.5, 0.6) is 0 Å². The molecule has 0 spiro atoms. The van der Waals surface area contributed by atoms with E-state index in [-0.39, 0.29) is 0 Å². The molecule has 0 aliphatic carbocycles. The quantitative estimate of drug-likeness (QED) is 0.333. The van der Waals surface area contributed by atoms with Crippen LogP contribution in [0.3, 0.4) is 0 Å². The minimum absolute atomic E-state index is 0.402. The molecule has 2 saturated heterocycles. The van der Waals surface area contributed by atoms with Gasteiger partial charge in [0.2, 0.25) is 0 Å². The Bertz CT molecular complexity index is 238. The van der Waals surface area contributed by atoms with Crippen LogP contribution < -0.4 is 0 Å². The maximum absolute atomic E-state index is 5.58. The molecule has 0 aromatic carbocycles. The highest BCUT2D eigenvalue weighted by Crippen LogP contribution is 2.29. The molecule has 0 aromatic rings. The van der Waals surface area contributed by atoms with Gasteiger partial charge in [0.05, 0.1) is 24.4 Å². The van der Waals surface area contributed by atoms with E-state index in [2.05, 4.69) is 13.2 Å². The number of hydrogen-bond donors (Lipinski definition) is 0. The zero-order valence-electron chi connectivity index (χ0n) is 10.3. The predicted molar refractivity (Wildman–Crippen MR) is 67.0 cm³/mol. The summed E-state index contributed by atoms with van der Waals surface area (Å²) in [4.78, 5) is 0. The molecule has 2 aliphatic heterocycles. The Morgan fingerprint density at radius 2 is 1.29 bits per heavy atom. The number of hydrogen-bond acceptors (Lipinski definition) is 3. The normalized spacial score (nSPS) is 34.4. The second-order valence-corrected chi connectivity index (χ2v) is 4.66. The Balaban J connectivity index is 1.38. The van der Waals surface area contributed by atoms with Gasteiger partial charge in [-0.25, -0.2) is 0 Å². The molecule has 3 heteroatoms. The Morgan fingerprint density at radius 3 is 1.71 bits per heavy atom. The van der Waals surface area contributed by atoms with Crippen molar-refractivity contribution in [2.45, 2.75) is 50.1 Å². The van der Waals surface area contributed by atoms with E-state index in [1.54, 1.807) is 0 Å². The predicted octanol–water partition coefficient (Wildman–Crippen LogP) is 2.47. The third kappa shape index (κ3) is 4.26. The van der Waals surface area contributed by atoms with Crippen LogP contribution in [0.25, 0.3) is 0 Å². The third-order valence-corrected chi connectivity index (χ3v) is 3.27. The van der Waals surface area contributed by atoms with Crippen LogP contribution in [0.2, 0.25) is 0 Å². The second kappa shape index (κ2) is 6.34. The van der Waals surface area contributed by atoms with Crippen molar-refractivity contribution in [3.8, 4) is 0 Å². The highest BCUT2D eigenvalue weighted by Gasteiger charge is 2.38.